The van der Waals surface area contributed by atoms with E-state index in [1.54, 1.807) is 24.7 Å². The number of nitrogens with one attached hydrogen (secondary N) is 3. The Balaban J connectivity index is 1.21. The summed E-state index contributed by atoms with van der Waals surface area (Å²) in [7, 11) is 0. The molecule has 9 nitrogen and oxygen atoms in total. The van der Waals surface area contributed by atoms with Crippen LogP contribution in [-0.2, 0) is 6.42 Å². The van der Waals surface area contributed by atoms with Crippen LogP contribution in [0.4, 0.5) is 10.1 Å². The molecule has 10 heteroatoms. The molecule has 4 heterocycles. The summed E-state index contributed by atoms with van der Waals surface area (Å²) in [5.41, 5.74) is 7.10. The number of imidazole rings is 1. The normalized spacial score (nSPS) is 12.1. The van der Waals surface area contributed by atoms with Gasteiger partial charge in [0.15, 0.2) is 11.5 Å². The van der Waals surface area contributed by atoms with Gasteiger partial charge >= 0.3 is 0 Å². The highest BCUT2D eigenvalue weighted by atomic mass is 19.1. The number of fused-ring (bicyclic) bond motifs is 2. The summed E-state index contributed by atoms with van der Waals surface area (Å²) in [6.07, 6.45) is 4.73. The first kappa shape index (κ1) is 25.4. The first-order valence-corrected chi connectivity index (χ1v) is 13.3. The maximum atomic E-state index is 14.0. The fourth-order valence-electron chi connectivity index (χ4n) is 5.12. The zero-order valence-electron chi connectivity index (χ0n) is 22.1. The Hall–Kier alpha value is -5.61. The van der Waals surface area contributed by atoms with E-state index < -0.39 is 12.0 Å². The zero-order chi connectivity index (χ0) is 28.6. The van der Waals surface area contributed by atoms with Crippen LogP contribution in [0.2, 0.25) is 0 Å². The van der Waals surface area contributed by atoms with Crippen LogP contribution in [-0.4, -0.2) is 46.6 Å². The van der Waals surface area contributed by atoms with Crippen molar-refractivity contribution < 1.29 is 14.6 Å². The van der Waals surface area contributed by atoms with Gasteiger partial charge in [0.25, 0.3) is 0 Å². The van der Waals surface area contributed by atoms with Crippen molar-refractivity contribution in [2.45, 2.75) is 12.6 Å². The van der Waals surface area contributed by atoms with Crippen molar-refractivity contribution in [3.63, 3.8) is 0 Å². The number of anilines is 1. The lowest BCUT2D eigenvalue weighted by Crippen LogP contribution is -2.21. The number of nitrogens with zero attached hydrogens (tertiary/aromatic N) is 4. The molecule has 0 saturated carbocycles. The van der Waals surface area contributed by atoms with Gasteiger partial charge in [0.2, 0.25) is 0 Å². The minimum Gasteiger partial charge on any atom is -0.508 e. The number of aliphatic hydroxyl groups is 1. The summed E-state index contributed by atoms with van der Waals surface area (Å²) >= 11 is 0. The van der Waals surface area contributed by atoms with E-state index in [9.17, 15) is 14.6 Å². The molecule has 7 rings (SSSR count). The molecule has 3 aromatic carbocycles. The summed E-state index contributed by atoms with van der Waals surface area (Å²) in [4.78, 5) is 16.7. The summed E-state index contributed by atoms with van der Waals surface area (Å²) in [6.45, 7) is 0. The van der Waals surface area contributed by atoms with E-state index in [-0.39, 0.29) is 5.75 Å². The van der Waals surface area contributed by atoms with Gasteiger partial charge in [0.05, 0.1) is 22.9 Å². The smallest absolute Gasteiger partial charge is 0.178 e. The van der Waals surface area contributed by atoms with Gasteiger partial charge < -0.3 is 20.5 Å². The number of aliphatic hydroxyl groups excluding tert-OH is 1. The maximum absolute atomic E-state index is 14.0. The number of halogens is 1. The van der Waals surface area contributed by atoms with E-state index in [4.69, 9.17) is 0 Å². The predicted molar refractivity (Wildman–Crippen MR) is 159 cm³/mol. The quantitative estimate of drug-likeness (QED) is 0.151. The SMILES string of the molecule is Oc1cc(F)cc(-c2ccnc3nc(-c4n[nH]c5ccc(-c6cncc(NC(O)Cc7ccccc7)c6)cc45)[nH]c23)c1. The topological polar surface area (TPSA) is 136 Å². The number of benzene rings is 3. The summed E-state index contributed by atoms with van der Waals surface area (Å²) < 4.78 is 14.0. The second-order valence-corrected chi connectivity index (χ2v) is 9.99. The van der Waals surface area contributed by atoms with Gasteiger partial charge in [0.1, 0.15) is 23.5 Å². The third-order valence-electron chi connectivity index (χ3n) is 7.05. The molecule has 1 unspecified atom stereocenters. The van der Waals surface area contributed by atoms with Crippen molar-refractivity contribution in [1.82, 2.24) is 30.1 Å². The number of hydrogen-bond donors (Lipinski definition) is 5. The van der Waals surface area contributed by atoms with Crippen molar-refractivity contribution in [1.29, 1.82) is 0 Å². The van der Waals surface area contributed by atoms with Gasteiger partial charge in [-0.3, -0.25) is 10.1 Å². The van der Waals surface area contributed by atoms with Gasteiger partial charge in [-0.2, -0.15) is 5.10 Å². The Morgan fingerprint density at radius 1 is 0.905 bits per heavy atom. The highest BCUT2D eigenvalue weighted by Crippen LogP contribution is 2.34. The van der Waals surface area contributed by atoms with Crippen LogP contribution >= 0.6 is 0 Å². The highest BCUT2D eigenvalue weighted by molar-refractivity contribution is 5.97. The summed E-state index contributed by atoms with van der Waals surface area (Å²) in [5, 5.41) is 32.0. The van der Waals surface area contributed by atoms with Crippen LogP contribution in [0.1, 0.15) is 5.56 Å². The Kier molecular flexibility index (Phi) is 6.29. The van der Waals surface area contributed by atoms with E-state index in [1.165, 1.54) is 12.1 Å². The van der Waals surface area contributed by atoms with E-state index in [2.05, 4.69) is 35.5 Å². The van der Waals surface area contributed by atoms with E-state index >= 15 is 0 Å². The number of phenols is 1. The second kappa shape index (κ2) is 10.4. The van der Waals surface area contributed by atoms with E-state index in [0.29, 0.717) is 45.9 Å². The number of pyridine rings is 2. The lowest BCUT2D eigenvalue weighted by atomic mass is 10.0. The number of aromatic nitrogens is 6. The van der Waals surface area contributed by atoms with Gasteiger partial charge in [-0.1, -0.05) is 36.4 Å². The van der Waals surface area contributed by atoms with Crippen molar-refractivity contribution in [2.75, 3.05) is 5.32 Å². The molecule has 42 heavy (non-hydrogen) atoms. The summed E-state index contributed by atoms with van der Waals surface area (Å²) in [5.74, 6) is -0.216. The highest BCUT2D eigenvalue weighted by Gasteiger charge is 2.17. The predicted octanol–water partition coefficient (Wildman–Crippen LogP) is 6.05. The fourth-order valence-corrected chi connectivity index (χ4v) is 5.12. The molecule has 0 aliphatic rings. The van der Waals surface area contributed by atoms with Gasteiger partial charge in [-0.05, 0) is 53.1 Å². The van der Waals surface area contributed by atoms with E-state index in [1.807, 2.05) is 54.6 Å². The minimum absolute atomic E-state index is 0.167. The molecule has 4 aromatic heterocycles. The van der Waals surface area contributed by atoms with Gasteiger partial charge in [-0.15, -0.1) is 0 Å². The summed E-state index contributed by atoms with van der Waals surface area (Å²) in [6, 6.07) is 23.3. The number of aromatic hydroxyl groups is 1. The molecule has 1 atom stereocenters. The molecule has 0 saturated heterocycles. The minimum atomic E-state index is -0.768. The first-order valence-electron chi connectivity index (χ1n) is 13.3. The monoisotopic (exact) mass is 557 g/mol. The lowest BCUT2D eigenvalue weighted by Gasteiger charge is -2.15. The number of H-pyrrole nitrogens is 2. The van der Waals surface area contributed by atoms with Crippen LogP contribution in [0, 0.1) is 5.82 Å². The second-order valence-electron chi connectivity index (χ2n) is 9.99. The van der Waals surface area contributed by atoms with Crippen LogP contribution in [0.25, 0.3) is 55.8 Å². The first-order chi connectivity index (χ1) is 20.5. The third-order valence-corrected chi connectivity index (χ3v) is 7.05. The molecule has 0 fully saturated rings. The lowest BCUT2D eigenvalue weighted by molar-refractivity contribution is 0.204. The van der Waals surface area contributed by atoms with Crippen LogP contribution < -0.4 is 5.32 Å². The Morgan fingerprint density at radius 2 is 1.79 bits per heavy atom. The Morgan fingerprint density at radius 3 is 2.64 bits per heavy atom. The van der Waals surface area contributed by atoms with Crippen molar-refractivity contribution >= 4 is 27.8 Å². The molecule has 206 valence electrons. The molecule has 0 aliphatic heterocycles. The molecule has 0 spiro atoms. The molecule has 0 bridgehead atoms. The average molecular weight is 558 g/mol. The average Bonchev–Trinajstić information content (AvgIpc) is 3.61. The maximum Gasteiger partial charge on any atom is 0.178 e. The number of rotatable bonds is 7. The third kappa shape index (κ3) is 4.91. The van der Waals surface area contributed by atoms with Crippen molar-refractivity contribution in [3.05, 3.63) is 109 Å². The Bertz CT molecular complexity index is 2040. The molecule has 0 aliphatic carbocycles. The zero-order valence-corrected chi connectivity index (χ0v) is 22.1. The number of aromatic amines is 2. The van der Waals surface area contributed by atoms with Crippen LogP contribution in [0.5, 0.6) is 5.75 Å². The molecular weight excluding hydrogens is 533 g/mol. The molecule has 5 N–H and O–H groups in total. The molecular formula is C32H24FN7O2. The Labute approximate surface area is 238 Å². The van der Waals surface area contributed by atoms with Gasteiger partial charge in [-0.25, -0.2) is 14.4 Å². The number of hydrogen-bond acceptors (Lipinski definition) is 7. The van der Waals surface area contributed by atoms with Crippen LogP contribution in [0.3, 0.4) is 0 Å². The van der Waals surface area contributed by atoms with Gasteiger partial charge in [0, 0.05) is 41.4 Å². The standard InChI is InChI=1S/C32H24FN7O2/c33-22-11-20(13-24(41)15-22)25-8-9-35-31-29(25)37-32(38-31)30-26-14-19(6-7-27(26)39-40-30)21-12-23(17-34-16-21)36-28(42)10-18-4-2-1-3-5-18/h1-9,11-17,28,36,41-42H,10H2,(H,39,40)(H,35,37,38). The molecule has 0 radical (unpaired) electrons. The van der Waals surface area contributed by atoms with Crippen molar-refractivity contribution in [2.24, 2.45) is 0 Å². The van der Waals surface area contributed by atoms with Crippen LogP contribution in [0.15, 0.2) is 97.5 Å². The van der Waals surface area contributed by atoms with E-state index in [0.717, 1.165) is 33.7 Å². The molecule has 7 aromatic rings. The number of phenolic OH excluding ortho intramolecular Hbond substituents is 1. The largest absolute Gasteiger partial charge is 0.508 e. The fraction of sp³-hybridized carbons (Fsp3) is 0.0625. The molecule has 0 amide bonds. The van der Waals surface area contributed by atoms with Crippen molar-refractivity contribution in [3.8, 4) is 39.5 Å².